The Labute approximate surface area is 94.0 Å². The highest BCUT2D eigenvalue weighted by Gasteiger charge is 2.08. The standard InChI is InChI=1S/C11H9FOS2/c12-10-5-2-1-4-9(10)8-15(13)11-6-3-7-14-11/h1-7H,8H2/t15-/m0/s1. The van der Waals surface area contributed by atoms with Crippen molar-refractivity contribution >= 4 is 22.1 Å². The summed E-state index contributed by atoms with van der Waals surface area (Å²) in [5, 5.41) is 1.87. The topological polar surface area (TPSA) is 17.1 Å². The van der Waals surface area contributed by atoms with Gasteiger partial charge in [-0.05, 0) is 17.5 Å². The number of benzene rings is 1. The van der Waals surface area contributed by atoms with Crippen LogP contribution in [-0.4, -0.2) is 4.21 Å². The minimum Gasteiger partial charge on any atom is -0.253 e. The van der Waals surface area contributed by atoms with Crippen molar-refractivity contribution in [2.75, 3.05) is 0 Å². The van der Waals surface area contributed by atoms with Crippen LogP contribution in [0.3, 0.4) is 0 Å². The Morgan fingerprint density at radius 3 is 2.67 bits per heavy atom. The number of hydrogen-bond acceptors (Lipinski definition) is 2. The van der Waals surface area contributed by atoms with Gasteiger partial charge in [-0.1, -0.05) is 24.3 Å². The maximum Gasteiger partial charge on any atom is 0.127 e. The van der Waals surface area contributed by atoms with Gasteiger partial charge in [0.15, 0.2) is 0 Å². The van der Waals surface area contributed by atoms with E-state index in [-0.39, 0.29) is 11.6 Å². The van der Waals surface area contributed by atoms with E-state index >= 15 is 0 Å². The molecule has 1 aromatic carbocycles. The maximum atomic E-state index is 13.3. The summed E-state index contributed by atoms with van der Waals surface area (Å²) in [6, 6.07) is 10.1. The van der Waals surface area contributed by atoms with Crippen LogP contribution in [0.1, 0.15) is 5.56 Å². The highest BCUT2D eigenvalue weighted by Crippen LogP contribution is 2.18. The van der Waals surface area contributed by atoms with Crippen molar-refractivity contribution < 1.29 is 8.60 Å². The number of rotatable bonds is 3. The summed E-state index contributed by atoms with van der Waals surface area (Å²) < 4.78 is 25.8. The molecule has 0 saturated carbocycles. The molecule has 1 aromatic heterocycles. The molecule has 0 N–H and O–H groups in total. The third-order valence-corrected chi connectivity index (χ3v) is 4.63. The third kappa shape index (κ3) is 2.52. The Balaban J connectivity index is 2.17. The van der Waals surface area contributed by atoms with E-state index in [2.05, 4.69) is 0 Å². The van der Waals surface area contributed by atoms with Crippen LogP contribution < -0.4 is 0 Å². The summed E-state index contributed by atoms with van der Waals surface area (Å²) in [6.45, 7) is 0. The van der Waals surface area contributed by atoms with Gasteiger partial charge >= 0.3 is 0 Å². The Morgan fingerprint density at radius 1 is 1.20 bits per heavy atom. The van der Waals surface area contributed by atoms with Crippen LogP contribution in [-0.2, 0) is 16.6 Å². The zero-order valence-electron chi connectivity index (χ0n) is 7.85. The first-order chi connectivity index (χ1) is 7.27. The fourth-order valence-corrected chi connectivity index (χ4v) is 3.33. The van der Waals surface area contributed by atoms with Gasteiger partial charge in [0.25, 0.3) is 0 Å². The molecule has 0 bridgehead atoms. The second-order valence-corrected chi connectivity index (χ2v) is 5.64. The van der Waals surface area contributed by atoms with Gasteiger partial charge in [0.05, 0.1) is 20.8 Å². The highest BCUT2D eigenvalue weighted by atomic mass is 32.2. The van der Waals surface area contributed by atoms with Crippen molar-refractivity contribution in [3.63, 3.8) is 0 Å². The van der Waals surface area contributed by atoms with Crippen LogP contribution in [0.4, 0.5) is 4.39 Å². The van der Waals surface area contributed by atoms with Crippen LogP contribution in [0.5, 0.6) is 0 Å². The minimum absolute atomic E-state index is 0.243. The molecule has 1 heterocycles. The van der Waals surface area contributed by atoms with Gasteiger partial charge in [0.1, 0.15) is 5.82 Å². The van der Waals surface area contributed by atoms with Crippen molar-refractivity contribution in [1.29, 1.82) is 0 Å². The predicted molar refractivity (Wildman–Crippen MR) is 60.8 cm³/mol. The van der Waals surface area contributed by atoms with Gasteiger partial charge in [0, 0.05) is 5.56 Å². The molecule has 0 aliphatic rings. The summed E-state index contributed by atoms with van der Waals surface area (Å²) in [5.74, 6) is -0.0462. The Morgan fingerprint density at radius 2 is 2.00 bits per heavy atom. The summed E-state index contributed by atoms with van der Waals surface area (Å²) in [5.41, 5.74) is 0.504. The third-order valence-electron chi connectivity index (χ3n) is 1.96. The maximum absolute atomic E-state index is 13.3. The molecule has 78 valence electrons. The number of thiophene rings is 1. The second-order valence-electron chi connectivity index (χ2n) is 3.01. The molecule has 0 amide bonds. The van der Waals surface area contributed by atoms with E-state index < -0.39 is 10.8 Å². The summed E-state index contributed by atoms with van der Waals surface area (Å²) in [6.07, 6.45) is 0. The molecule has 1 nitrogen and oxygen atoms in total. The average molecular weight is 240 g/mol. The van der Waals surface area contributed by atoms with Gasteiger partial charge in [-0.2, -0.15) is 0 Å². The van der Waals surface area contributed by atoms with Crippen LogP contribution >= 0.6 is 11.3 Å². The molecule has 0 unspecified atom stereocenters. The van der Waals surface area contributed by atoms with Crippen LogP contribution in [0.15, 0.2) is 46.0 Å². The summed E-state index contributed by atoms with van der Waals surface area (Å²) >= 11 is 1.43. The Kier molecular flexibility index (Phi) is 3.28. The van der Waals surface area contributed by atoms with Crippen molar-refractivity contribution in [3.05, 3.63) is 53.2 Å². The van der Waals surface area contributed by atoms with Gasteiger partial charge in [-0.25, -0.2) is 4.39 Å². The molecular formula is C11H9FOS2. The molecule has 15 heavy (non-hydrogen) atoms. The van der Waals surface area contributed by atoms with Crippen LogP contribution in [0.25, 0.3) is 0 Å². The molecule has 4 heteroatoms. The SMILES string of the molecule is O=[S@@](Cc1ccccc1F)c1cccs1. The lowest BCUT2D eigenvalue weighted by molar-refractivity contribution is 0.615. The van der Waals surface area contributed by atoms with Crippen molar-refractivity contribution in [2.24, 2.45) is 0 Å². The fraction of sp³-hybridized carbons (Fsp3) is 0.0909. The monoisotopic (exact) mass is 240 g/mol. The Bertz CT molecular complexity index is 465. The smallest absolute Gasteiger partial charge is 0.127 e. The highest BCUT2D eigenvalue weighted by molar-refractivity contribution is 7.86. The van der Waals surface area contributed by atoms with Gasteiger partial charge in [-0.3, -0.25) is 4.21 Å². The van der Waals surface area contributed by atoms with Crippen LogP contribution in [0, 0.1) is 5.82 Å². The first kappa shape index (κ1) is 10.5. The minimum atomic E-state index is -1.14. The zero-order chi connectivity index (χ0) is 10.7. The van der Waals surface area contributed by atoms with E-state index in [0.29, 0.717) is 5.56 Å². The molecule has 1 atom stereocenters. The molecule has 2 rings (SSSR count). The van der Waals surface area contributed by atoms with E-state index in [1.165, 1.54) is 17.4 Å². The first-order valence-corrected chi connectivity index (χ1v) is 6.62. The van der Waals surface area contributed by atoms with E-state index in [9.17, 15) is 8.60 Å². The molecule has 0 aliphatic heterocycles. The van der Waals surface area contributed by atoms with Gasteiger partial charge < -0.3 is 0 Å². The molecule has 0 aliphatic carbocycles. The molecular weight excluding hydrogens is 231 g/mol. The van der Waals surface area contributed by atoms with E-state index in [0.717, 1.165) is 4.21 Å². The molecule has 2 aromatic rings. The largest absolute Gasteiger partial charge is 0.253 e. The average Bonchev–Trinajstić information content (AvgIpc) is 2.74. The van der Waals surface area contributed by atoms with E-state index in [1.807, 2.05) is 17.5 Å². The first-order valence-electron chi connectivity index (χ1n) is 4.42. The number of hydrogen-bond donors (Lipinski definition) is 0. The summed E-state index contributed by atoms with van der Waals surface area (Å²) in [4.78, 5) is 0. The number of halogens is 1. The lowest BCUT2D eigenvalue weighted by Gasteiger charge is -2.01. The molecule has 0 spiro atoms. The fourth-order valence-electron chi connectivity index (χ4n) is 1.22. The molecule has 0 radical (unpaired) electrons. The quantitative estimate of drug-likeness (QED) is 0.805. The summed E-state index contributed by atoms with van der Waals surface area (Å²) in [7, 11) is -1.14. The van der Waals surface area contributed by atoms with Crippen molar-refractivity contribution in [2.45, 2.75) is 9.96 Å². The van der Waals surface area contributed by atoms with Crippen LogP contribution in [0.2, 0.25) is 0 Å². The van der Waals surface area contributed by atoms with E-state index in [1.54, 1.807) is 18.2 Å². The molecule has 0 fully saturated rings. The lowest BCUT2D eigenvalue weighted by Crippen LogP contribution is -1.96. The van der Waals surface area contributed by atoms with Crippen molar-refractivity contribution in [1.82, 2.24) is 0 Å². The predicted octanol–water partition coefficient (Wildman–Crippen LogP) is 3.20. The lowest BCUT2D eigenvalue weighted by atomic mass is 10.2. The van der Waals surface area contributed by atoms with E-state index in [4.69, 9.17) is 0 Å². The zero-order valence-corrected chi connectivity index (χ0v) is 9.48. The van der Waals surface area contributed by atoms with Gasteiger partial charge in [0.2, 0.25) is 0 Å². The second kappa shape index (κ2) is 4.68. The molecule has 0 saturated heterocycles. The van der Waals surface area contributed by atoms with Gasteiger partial charge in [-0.15, -0.1) is 11.3 Å². The Hall–Kier alpha value is -1.000. The normalized spacial score (nSPS) is 12.6. The van der Waals surface area contributed by atoms with Crippen molar-refractivity contribution in [3.8, 4) is 0 Å².